The zero-order valence-corrected chi connectivity index (χ0v) is 16.6. The Kier molecular flexibility index (Phi) is 11.6. The van der Waals surface area contributed by atoms with Gasteiger partial charge in [-0.3, -0.25) is 0 Å². The minimum Gasteiger partial charge on any atom is -0.399 e. The second kappa shape index (κ2) is 13.2. The Hall–Kier alpha value is -1.07. The van der Waals surface area contributed by atoms with Gasteiger partial charge in [-0.1, -0.05) is 83.6 Å². The van der Waals surface area contributed by atoms with E-state index in [9.17, 15) is 8.42 Å². The van der Waals surface area contributed by atoms with Crippen molar-refractivity contribution in [3.63, 3.8) is 0 Å². The van der Waals surface area contributed by atoms with E-state index in [1.165, 1.54) is 70.3 Å². The Labute approximate surface area is 154 Å². The lowest BCUT2D eigenvalue weighted by molar-refractivity contribution is 0.540. The van der Waals surface area contributed by atoms with Gasteiger partial charge in [0.05, 0.1) is 4.90 Å². The van der Waals surface area contributed by atoms with E-state index in [0.29, 0.717) is 12.2 Å². The molecule has 0 aliphatic heterocycles. The first kappa shape index (κ1) is 22.0. The summed E-state index contributed by atoms with van der Waals surface area (Å²) in [5.74, 6) is 0. The number of unbranched alkanes of at least 4 members (excludes halogenated alkanes) is 11. The van der Waals surface area contributed by atoms with Crippen LogP contribution in [0.4, 0.5) is 5.69 Å². The maximum atomic E-state index is 12.1. The Morgan fingerprint density at radius 1 is 0.840 bits per heavy atom. The summed E-state index contributed by atoms with van der Waals surface area (Å²) in [5, 5.41) is 0. The minimum absolute atomic E-state index is 0.242. The molecule has 5 heteroatoms. The number of benzene rings is 1. The van der Waals surface area contributed by atoms with E-state index >= 15 is 0 Å². The molecule has 0 amide bonds. The third-order valence-corrected chi connectivity index (χ3v) is 5.95. The molecule has 1 rings (SSSR count). The second-order valence-electron chi connectivity index (χ2n) is 6.86. The number of nitrogens with one attached hydrogen (secondary N) is 1. The molecule has 0 bridgehead atoms. The van der Waals surface area contributed by atoms with Crippen molar-refractivity contribution in [1.29, 1.82) is 0 Å². The van der Waals surface area contributed by atoms with Gasteiger partial charge in [-0.15, -0.1) is 0 Å². The summed E-state index contributed by atoms with van der Waals surface area (Å²) in [5.41, 5.74) is 6.10. The highest BCUT2D eigenvalue weighted by Gasteiger charge is 2.12. The van der Waals surface area contributed by atoms with Crippen LogP contribution in [0.25, 0.3) is 0 Å². The van der Waals surface area contributed by atoms with Gasteiger partial charge in [0.2, 0.25) is 10.0 Å². The lowest BCUT2D eigenvalue weighted by Gasteiger charge is -2.07. The fraction of sp³-hybridized carbons (Fsp3) is 0.700. The van der Waals surface area contributed by atoms with Crippen LogP contribution in [0.3, 0.4) is 0 Å². The minimum atomic E-state index is -3.43. The van der Waals surface area contributed by atoms with Gasteiger partial charge >= 0.3 is 0 Å². The average Bonchev–Trinajstić information content (AvgIpc) is 2.59. The number of anilines is 1. The smallest absolute Gasteiger partial charge is 0.240 e. The van der Waals surface area contributed by atoms with Gasteiger partial charge in [-0.05, 0) is 24.6 Å². The Morgan fingerprint density at radius 2 is 1.36 bits per heavy atom. The number of hydrogen-bond acceptors (Lipinski definition) is 3. The van der Waals surface area contributed by atoms with Crippen molar-refractivity contribution in [1.82, 2.24) is 4.72 Å². The predicted molar refractivity (Wildman–Crippen MR) is 107 cm³/mol. The molecule has 0 saturated carbocycles. The van der Waals surface area contributed by atoms with Crippen LogP contribution < -0.4 is 10.5 Å². The number of sulfonamides is 1. The maximum absolute atomic E-state index is 12.1. The standard InChI is InChI=1S/C20H36N2O2S/c1-2-3-4-5-6-7-8-9-10-11-12-13-17-22-25(23,24)20-16-14-15-19(21)18-20/h14-16,18,22H,2-13,17,21H2,1H3. The lowest BCUT2D eigenvalue weighted by atomic mass is 10.1. The zero-order valence-electron chi connectivity index (χ0n) is 15.8. The van der Waals surface area contributed by atoms with Crippen molar-refractivity contribution >= 4 is 15.7 Å². The summed E-state index contributed by atoms with van der Waals surface area (Å²) in [6, 6.07) is 6.41. The maximum Gasteiger partial charge on any atom is 0.240 e. The summed E-state index contributed by atoms with van der Waals surface area (Å²) >= 11 is 0. The molecular weight excluding hydrogens is 332 g/mol. The monoisotopic (exact) mass is 368 g/mol. The van der Waals surface area contributed by atoms with Crippen molar-refractivity contribution in [2.24, 2.45) is 0 Å². The van der Waals surface area contributed by atoms with Crippen LogP contribution in [0.15, 0.2) is 29.2 Å². The van der Waals surface area contributed by atoms with Gasteiger partial charge < -0.3 is 5.73 Å². The largest absolute Gasteiger partial charge is 0.399 e. The SMILES string of the molecule is CCCCCCCCCCCCCCNS(=O)(=O)c1cccc(N)c1. The molecule has 0 heterocycles. The van der Waals surface area contributed by atoms with Gasteiger partial charge in [0.1, 0.15) is 0 Å². The summed E-state index contributed by atoms with van der Waals surface area (Å²) < 4.78 is 26.9. The molecule has 0 aliphatic rings. The van der Waals surface area contributed by atoms with Crippen molar-refractivity contribution < 1.29 is 8.42 Å². The highest BCUT2D eigenvalue weighted by atomic mass is 32.2. The van der Waals surface area contributed by atoms with Crippen LogP contribution >= 0.6 is 0 Å². The van der Waals surface area contributed by atoms with Crippen LogP contribution in [0.1, 0.15) is 84.0 Å². The first-order valence-corrected chi connectivity index (χ1v) is 11.4. The number of nitrogen functional groups attached to an aromatic ring is 1. The quantitative estimate of drug-likeness (QED) is 0.328. The molecule has 4 nitrogen and oxygen atoms in total. The topological polar surface area (TPSA) is 72.2 Å². The molecule has 0 atom stereocenters. The first-order valence-electron chi connectivity index (χ1n) is 9.91. The summed E-state index contributed by atoms with van der Waals surface area (Å²) in [4.78, 5) is 0.242. The first-order chi connectivity index (χ1) is 12.1. The van der Waals surface area contributed by atoms with Crippen LogP contribution in [0.2, 0.25) is 0 Å². The molecule has 0 spiro atoms. The number of hydrogen-bond donors (Lipinski definition) is 2. The van der Waals surface area contributed by atoms with E-state index in [1.807, 2.05) is 0 Å². The van der Waals surface area contributed by atoms with Gasteiger partial charge in [0, 0.05) is 12.2 Å². The highest BCUT2D eigenvalue weighted by molar-refractivity contribution is 7.89. The van der Waals surface area contributed by atoms with Crippen LogP contribution in [-0.2, 0) is 10.0 Å². The fourth-order valence-electron chi connectivity index (χ4n) is 2.94. The van der Waals surface area contributed by atoms with Gasteiger partial charge in [0.25, 0.3) is 0 Å². The van der Waals surface area contributed by atoms with E-state index in [2.05, 4.69) is 11.6 Å². The number of nitrogens with two attached hydrogens (primary N) is 1. The van der Waals surface area contributed by atoms with Crippen molar-refractivity contribution in [3.8, 4) is 0 Å². The Balaban J connectivity index is 1.98. The highest BCUT2D eigenvalue weighted by Crippen LogP contribution is 2.13. The summed E-state index contributed by atoms with van der Waals surface area (Å²) in [6.07, 6.45) is 15.3. The molecule has 0 aliphatic carbocycles. The van der Waals surface area contributed by atoms with E-state index in [0.717, 1.165) is 12.8 Å². The Morgan fingerprint density at radius 3 is 1.88 bits per heavy atom. The van der Waals surface area contributed by atoms with E-state index in [1.54, 1.807) is 18.2 Å². The van der Waals surface area contributed by atoms with E-state index in [4.69, 9.17) is 5.73 Å². The number of rotatable bonds is 15. The predicted octanol–water partition coefficient (Wildman–Crippen LogP) is 5.25. The molecule has 0 fully saturated rings. The average molecular weight is 369 g/mol. The van der Waals surface area contributed by atoms with Crippen LogP contribution in [0, 0.1) is 0 Å². The normalized spacial score (nSPS) is 11.7. The molecular formula is C20H36N2O2S. The van der Waals surface area contributed by atoms with Gasteiger partial charge in [0.15, 0.2) is 0 Å². The third kappa shape index (κ3) is 10.5. The third-order valence-electron chi connectivity index (χ3n) is 4.49. The fourth-order valence-corrected chi connectivity index (χ4v) is 4.07. The van der Waals surface area contributed by atoms with Crippen molar-refractivity contribution in [3.05, 3.63) is 24.3 Å². The van der Waals surface area contributed by atoms with Gasteiger partial charge in [-0.2, -0.15) is 0 Å². The zero-order chi connectivity index (χ0) is 18.4. The molecule has 1 aromatic carbocycles. The second-order valence-corrected chi connectivity index (χ2v) is 8.63. The Bertz CT molecular complexity index is 559. The molecule has 1 aromatic rings. The van der Waals surface area contributed by atoms with Crippen LogP contribution in [-0.4, -0.2) is 15.0 Å². The molecule has 0 radical (unpaired) electrons. The van der Waals surface area contributed by atoms with Crippen molar-refractivity contribution in [2.75, 3.05) is 12.3 Å². The molecule has 3 N–H and O–H groups in total. The molecule has 144 valence electrons. The molecule has 0 aromatic heterocycles. The van der Waals surface area contributed by atoms with E-state index in [-0.39, 0.29) is 4.90 Å². The van der Waals surface area contributed by atoms with E-state index < -0.39 is 10.0 Å². The molecule has 0 saturated heterocycles. The molecule has 25 heavy (non-hydrogen) atoms. The summed E-state index contributed by atoms with van der Waals surface area (Å²) in [7, 11) is -3.43. The van der Waals surface area contributed by atoms with Gasteiger partial charge in [-0.25, -0.2) is 13.1 Å². The lowest BCUT2D eigenvalue weighted by Crippen LogP contribution is -2.24. The molecule has 0 unspecified atom stereocenters. The summed E-state index contributed by atoms with van der Waals surface area (Å²) in [6.45, 7) is 2.75. The van der Waals surface area contributed by atoms with Crippen LogP contribution in [0.5, 0.6) is 0 Å². The van der Waals surface area contributed by atoms with Crippen molar-refractivity contribution in [2.45, 2.75) is 88.9 Å².